The van der Waals surface area contributed by atoms with E-state index in [1.54, 1.807) is 0 Å². The molecule has 0 unspecified atom stereocenters. The first-order chi connectivity index (χ1) is 26.9. The zero-order chi connectivity index (χ0) is 43.3. The summed E-state index contributed by atoms with van der Waals surface area (Å²) in [6.45, 7) is 44.5. The molecule has 59 heavy (non-hydrogen) atoms. The Hall–Kier alpha value is -0.287. The van der Waals surface area contributed by atoms with Gasteiger partial charge in [-0.25, -0.2) is 0 Å². The van der Waals surface area contributed by atoms with Crippen molar-refractivity contribution in [2.45, 2.75) is 132 Å². The smallest absolute Gasteiger partial charge is 0.687 e. The van der Waals surface area contributed by atoms with E-state index in [1.807, 2.05) is 13.8 Å². The third-order valence-electron chi connectivity index (χ3n) is 8.22. The van der Waals surface area contributed by atoms with Crippen molar-refractivity contribution in [2.24, 2.45) is 0 Å². The molecule has 0 atom stereocenters. The van der Waals surface area contributed by atoms with Gasteiger partial charge in [-0.15, -0.1) is 11.4 Å². The summed E-state index contributed by atoms with van der Waals surface area (Å²) in [5.74, 6) is 2.18. The third-order valence-corrected chi connectivity index (χ3v) is 10.0. The third kappa shape index (κ3) is 33.0. The number of hydrogen-bond donors (Lipinski definition) is 0. The number of rotatable bonds is 10. The van der Waals surface area contributed by atoms with Crippen LogP contribution >= 0.6 is 0 Å². The molecule has 0 spiro atoms. The van der Waals surface area contributed by atoms with Crippen molar-refractivity contribution in [3.8, 4) is 0 Å². The Morgan fingerprint density at radius 2 is 0.627 bits per heavy atom. The topological polar surface area (TPSA) is 92.8 Å². The molecule has 0 bridgehead atoms. The Balaban J connectivity index is -0.000000741. The van der Waals surface area contributed by atoms with Gasteiger partial charge in [0.15, 0.2) is 0 Å². The maximum Gasteiger partial charge on any atom is 1.00 e. The Labute approximate surface area is 398 Å². The summed E-state index contributed by atoms with van der Waals surface area (Å²) in [6, 6.07) is 13.3. The average molecular weight is 914 g/mol. The van der Waals surface area contributed by atoms with Gasteiger partial charge in [-0.1, -0.05) is 153 Å². The molecule has 1 aliphatic rings. The van der Waals surface area contributed by atoms with E-state index < -0.39 is 16.5 Å². The number of ether oxygens (including phenoxy) is 7. The fourth-order valence-electron chi connectivity index (χ4n) is 5.48. The van der Waals surface area contributed by atoms with Gasteiger partial charge < -0.3 is 43.1 Å². The van der Waals surface area contributed by atoms with Crippen molar-refractivity contribution in [1.82, 2.24) is 0 Å². The molecule has 0 amide bonds. The zero-order valence-corrected chi connectivity index (χ0v) is 45.9. The van der Waals surface area contributed by atoms with E-state index in [1.165, 1.54) is 33.6 Å². The van der Waals surface area contributed by atoms with Crippen molar-refractivity contribution < 1.29 is 79.8 Å². The number of benzene rings is 2. The van der Waals surface area contributed by atoms with Crippen LogP contribution in [0, 0.1) is 0 Å². The van der Waals surface area contributed by atoms with E-state index >= 15 is 0 Å². The van der Waals surface area contributed by atoms with Crippen molar-refractivity contribution in [1.29, 1.82) is 0 Å². The van der Waals surface area contributed by atoms with Gasteiger partial charge in [0, 0.05) is 30.3 Å². The summed E-state index contributed by atoms with van der Waals surface area (Å²) >= 11 is 0. The molecule has 2 aromatic rings. The summed E-state index contributed by atoms with van der Waals surface area (Å²) in [4.78, 5) is 10.1. The normalized spacial score (nSPS) is 15.1. The van der Waals surface area contributed by atoms with Gasteiger partial charge >= 0.3 is 29.6 Å². The van der Waals surface area contributed by atoms with Crippen molar-refractivity contribution >= 4 is 27.8 Å². The predicted octanol–water partition coefficient (Wildman–Crippen LogP) is 9.69. The van der Waals surface area contributed by atoms with Crippen LogP contribution in [-0.2, 0) is 50.2 Å². The molecule has 1 heterocycles. The van der Waals surface area contributed by atoms with Crippen LogP contribution in [-0.4, -0.2) is 109 Å². The van der Waals surface area contributed by atoms with Crippen molar-refractivity contribution in [3.63, 3.8) is 0 Å². The second kappa shape index (κ2) is 37.1. The molecular weight excluding hydrogens is 828 g/mol. The quantitative estimate of drug-likeness (QED) is 0.219. The van der Waals surface area contributed by atoms with E-state index in [9.17, 15) is 0 Å². The maximum absolute atomic E-state index is 5.33. The van der Waals surface area contributed by atoms with Gasteiger partial charge in [0.1, 0.15) is 0 Å². The van der Waals surface area contributed by atoms with Gasteiger partial charge in [0.2, 0.25) is 0 Å². The van der Waals surface area contributed by atoms with Gasteiger partial charge in [-0.05, 0) is 54.0 Å². The molecule has 0 aromatic heterocycles. The fraction of sp³-hybridized carbons (Fsp3) is 0.739. The van der Waals surface area contributed by atoms with Crippen LogP contribution in [0.2, 0.25) is 39.3 Å². The fourth-order valence-corrected chi connectivity index (χ4v) is 7.33. The van der Waals surface area contributed by atoms with Crippen LogP contribution in [0.1, 0.15) is 115 Å². The standard InChI is InChI=1S/2C15H26NSi.C12H24O6.C4H10O.Fe.Na/c2*1-11(2)13-9-8-10-14(12(3)4)15(13)16-17(5,6)7;1-2-14-5-6-16-9-10-18-12-11-17-8-7-15-4-3-13-1;1-3-5-4-2;;/h2*8-12H,1-7H3;1-12H2;3-4H2,1-2H3;;/q2*-1;;;;+1. The second-order valence-corrected chi connectivity index (χ2v) is 26.3. The molecule has 1 fully saturated rings. The summed E-state index contributed by atoms with van der Waals surface area (Å²) in [5.41, 5.74) is 8.16. The molecule has 0 radical (unpaired) electrons. The molecule has 0 saturated carbocycles. The van der Waals surface area contributed by atoms with Gasteiger partial charge in [-0.3, -0.25) is 0 Å². The number of nitrogens with zero attached hydrogens (tertiary/aromatic N) is 2. The van der Waals surface area contributed by atoms with Gasteiger partial charge in [0.05, 0.1) is 79.3 Å². The summed E-state index contributed by atoms with van der Waals surface area (Å²) in [6.07, 6.45) is 0. The molecule has 340 valence electrons. The van der Waals surface area contributed by atoms with E-state index in [4.69, 9.17) is 43.1 Å². The van der Waals surface area contributed by atoms with Crippen LogP contribution < -0.4 is 29.6 Å². The molecule has 13 heteroatoms. The minimum Gasteiger partial charge on any atom is -0.687 e. The van der Waals surface area contributed by atoms with Gasteiger partial charge in [0.25, 0.3) is 0 Å². The Morgan fingerprint density at radius 3 is 0.746 bits per heavy atom. The maximum atomic E-state index is 5.33. The summed E-state index contributed by atoms with van der Waals surface area (Å²) in [5, 5.41) is 0. The van der Waals surface area contributed by atoms with Crippen LogP contribution in [0.15, 0.2) is 36.4 Å². The van der Waals surface area contributed by atoms with E-state index in [2.05, 4.69) is 131 Å². The molecule has 3 rings (SSSR count). The largest absolute Gasteiger partial charge is 1.00 e. The average Bonchev–Trinajstić information content (AvgIpc) is 3.11. The van der Waals surface area contributed by atoms with Crippen LogP contribution in [0.5, 0.6) is 0 Å². The molecule has 0 aliphatic carbocycles. The number of hydrogen-bond acceptors (Lipinski definition) is 7. The monoisotopic (exact) mass is 914 g/mol. The molecule has 9 nitrogen and oxygen atoms in total. The minimum atomic E-state index is -1.43. The van der Waals surface area contributed by atoms with Crippen LogP contribution in [0.4, 0.5) is 11.4 Å². The van der Waals surface area contributed by atoms with E-state index in [0.717, 1.165) is 13.2 Å². The van der Waals surface area contributed by atoms with E-state index in [0.29, 0.717) is 103 Å². The molecular formula is C46H86FeN2NaO7Si2-. The molecule has 2 aromatic carbocycles. The Morgan fingerprint density at radius 1 is 0.441 bits per heavy atom. The van der Waals surface area contributed by atoms with E-state index in [-0.39, 0.29) is 46.6 Å². The van der Waals surface area contributed by atoms with Crippen LogP contribution in [0.25, 0.3) is 9.96 Å². The van der Waals surface area contributed by atoms with Crippen LogP contribution in [0.3, 0.4) is 0 Å². The summed E-state index contributed by atoms with van der Waals surface area (Å²) < 4.78 is 36.8. The second-order valence-electron chi connectivity index (χ2n) is 17.2. The predicted molar refractivity (Wildman–Crippen MR) is 249 cm³/mol. The Bertz CT molecular complexity index is 1070. The first-order valence-electron chi connectivity index (χ1n) is 21.6. The van der Waals surface area contributed by atoms with Crippen molar-refractivity contribution in [3.05, 3.63) is 68.6 Å². The Kier molecular flexibility index (Phi) is 39.6. The first-order valence-corrected chi connectivity index (χ1v) is 28.5. The zero-order valence-electron chi connectivity index (χ0n) is 40.8. The van der Waals surface area contributed by atoms with Crippen molar-refractivity contribution in [2.75, 3.05) is 92.5 Å². The SMILES string of the molecule is C1COCCOCCOCCOCCOCCO1.CC(C)c1cccc(C(C)C)c1[N-][Si](C)(C)C.CC(C)c1cccc(C(C)C)c1[N-][Si](C)(C)C.CCOCC.[Fe].[Na+]. The molecule has 1 aliphatic heterocycles. The molecule has 1 saturated heterocycles. The minimum absolute atomic E-state index is 0. The summed E-state index contributed by atoms with van der Waals surface area (Å²) in [7, 11) is -2.86. The molecule has 0 N–H and O–H groups in total. The first kappa shape index (κ1) is 63.0. The van der Waals surface area contributed by atoms with Gasteiger partial charge in [-0.2, -0.15) is 0 Å².